The smallest absolute Gasteiger partial charge is 0.317 e. The van der Waals surface area contributed by atoms with Gasteiger partial charge in [0.05, 0.1) is 24.4 Å². The second-order valence-electron chi connectivity index (χ2n) is 6.28. The molecule has 0 aromatic carbocycles. The number of rotatable bonds is 6. The zero-order valence-corrected chi connectivity index (χ0v) is 13.8. The van der Waals surface area contributed by atoms with Gasteiger partial charge in [-0.25, -0.2) is 4.79 Å². The van der Waals surface area contributed by atoms with Crippen molar-refractivity contribution in [1.29, 1.82) is 0 Å². The lowest BCUT2D eigenvalue weighted by molar-refractivity contribution is 0.0529. The molecule has 120 valence electrons. The van der Waals surface area contributed by atoms with Crippen LogP contribution in [0.1, 0.15) is 25.5 Å². The minimum Gasteiger partial charge on any atom is -0.389 e. The van der Waals surface area contributed by atoms with Crippen LogP contribution in [0.4, 0.5) is 4.79 Å². The predicted molar refractivity (Wildman–Crippen MR) is 82.0 cm³/mol. The van der Waals surface area contributed by atoms with Crippen LogP contribution in [-0.4, -0.2) is 70.6 Å². The Morgan fingerprint density at radius 3 is 2.52 bits per heavy atom. The Bertz CT molecular complexity index is 464. The van der Waals surface area contributed by atoms with Crippen molar-refractivity contribution in [2.45, 2.75) is 25.5 Å². The highest BCUT2D eigenvalue weighted by molar-refractivity contribution is 5.74. The summed E-state index contributed by atoms with van der Waals surface area (Å²) in [6, 6.07) is -0.147. The molecule has 1 unspecified atom stereocenters. The molecule has 2 N–H and O–H groups in total. The van der Waals surface area contributed by atoms with E-state index in [1.807, 2.05) is 32.2 Å². The Balaban J connectivity index is 2.60. The van der Waals surface area contributed by atoms with Crippen molar-refractivity contribution in [2.24, 2.45) is 7.05 Å². The molecule has 0 saturated carbocycles. The minimum atomic E-state index is -0.906. The number of hydrogen-bond donors (Lipinski definition) is 2. The molecule has 21 heavy (non-hydrogen) atoms. The Morgan fingerprint density at radius 2 is 2.10 bits per heavy atom. The van der Waals surface area contributed by atoms with E-state index in [0.29, 0.717) is 6.54 Å². The highest BCUT2D eigenvalue weighted by atomic mass is 16.3. The topological polar surface area (TPSA) is 73.6 Å². The summed E-state index contributed by atoms with van der Waals surface area (Å²) in [5, 5.41) is 16.8. The van der Waals surface area contributed by atoms with Crippen LogP contribution >= 0.6 is 0 Å². The quantitative estimate of drug-likeness (QED) is 0.799. The molecule has 0 aliphatic rings. The molecular formula is C14H27N5O2. The SMILES string of the molecule is CN(CC(C)(C)O)C(=O)NCC(c1cnn(C)c1)N(C)C. The van der Waals surface area contributed by atoms with E-state index in [1.54, 1.807) is 31.8 Å². The lowest BCUT2D eigenvalue weighted by Crippen LogP contribution is -2.46. The van der Waals surface area contributed by atoms with Crippen molar-refractivity contribution < 1.29 is 9.90 Å². The van der Waals surface area contributed by atoms with Crippen molar-refractivity contribution in [3.63, 3.8) is 0 Å². The lowest BCUT2D eigenvalue weighted by atomic mass is 10.1. The van der Waals surface area contributed by atoms with E-state index >= 15 is 0 Å². The molecule has 0 bridgehead atoms. The number of urea groups is 1. The number of amides is 2. The average Bonchev–Trinajstić information content (AvgIpc) is 2.73. The zero-order chi connectivity index (χ0) is 16.2. The van der Waals surface area contributed by atoms with Gasteiger partial charge in [0, 0.05) is 32.4 Å². The van der Waals surface area contributed by atoms with Gasteiger partial charge in [0.25, 0.3) is 0 Å². The Morgan fingerprint density at radius 1 is 1.48 bits per heavy atom. The van der Waals surface area contributed by atoms with Crippen molar-refractivity contribution in [3.05, 3.63) is 18.0 Å². The second kappa shape index (κ2) is 6.91. The Labute approximate surface area is 126 Å². The van der Waals surface area contributed by atoms with Crippen molar-refractivity contribution in [2.75, 3.05) is 34.2 Å². The van der Waals surface area contributed by atoms with E-state index in [4.69, 9.17) is 0 Å². The number of carbonyl (C=O) groups is 1. The van der Waals surface area contributed by atoms with Crippen LogP contribution in [0.3, 0.4) is 0 Å². The van der Waals surface area contributed by atoms with Gasteiger partial charge in [-0.3, -0.25) is 4.68 Å². The third kappa shape index (κ3) is 5.73. The summed E-state index contributed by atoms with van der Waals surface area (Å²) < 4.78 is 1.74. The fraction of sp³-hybridized carbons (Fsp3) is 0.714. The highest BCUT2D eigenvalue weighted by Crippen LogP contribution is 2.16. The molecule has 1 aromatic rings. The lowest BCUT2D eigenvalue weighted by Gasteiger charge is -2.28. The molecule has 0 saturated heterocycles. The summed E-state index contributed by atoms with van der Waals surface area (Å²) in [5.41, 5.74) is 0.143. The van der Waals surface area contributed by atoms with Crippen LogP contribution < -0.4 is 5.32 Å². The van der Waals surface area contributed by atoms with Crippen LogP contribution in [0.2, 0.25) is 0 Å². The molecule has 0 aliphatic heterocycles. The molecule has 1 heterocycles. The van der Waals surface area contributed by atoms with E-state index in [-0.39, 0.29) is 18.6 Å². The maximum absolute atomic E-state index is 12.0. The second-order valence-corrected chi connectivity index (χ2v) is 6.28. The van der Waals surface area contributed by atoms with Crippen molar-refractivity contribution in [3.8, 4) is 0 Å². The normalized spacial score (nSPS) is 13.3. The van der Waals surface area contributed by atoms with Crippen molar-refractivity contribution in [1.82, 2.24) is 24.9 Å². The van der Waals surface area contributed by atoms with Gasteiger partial charge in [-0.15, -0.1) is 0 Å². The van der Waals surface area contributed by atoms with E-state index in [0.717, 1.165) is 5.56 Å². The van der Waals surface area contributed by atoms with E-state index in [1.165, 1.54) is 4.90 Å². The van der Waals surface area contributed by atoms with E-state index in [2.05, 4.69) is 10.4 Å². The minimum absolute atomic E-state index is 0.0539. The molecule has 2 amide bonds. The van der Waals surface area contributed by atoms with Crippen LogP contribution in [0, 0.1) is 0 Å². The first kappa shape index (κ1) is 17.5. The van der Waals surface area contributed by atoms with Crippen LogP contribution in [-0.2, 0) is 7.05 Å². The Kier molecular flexibility index (Phi) is 5.74. The third-order valence-corrected chi connectivity index (χ3v) is 3.15. The largest absolute Gasteiger partial charge is 0.389 e. The fourth-order valence-corrected chi connectivity index (χ4v) is 2.18. The number of carbonyl (C=O) groups excluding carboxylic acids is 1. The molecule has 7 heteroatoms. The summed E-state index contributed by atoms with van der Waals surface area (Å²) in [4.78, 5) is 15.6. The van der Waals surface area contributed by atoms with Gasteiger partial charge in [-0.05, 0) is 27.9 Å². The first-order valence-electron chi connectivity index (χ1n) is 6.96. The van der Waals surface area contributed by atoms with Crippen LogP contribution in [0.25, 0.3) is 0 Å². The number of nitrogens with zero attached hydrogens (tertiary/aromatic N) is 4. The summed E-state index contributed by atoms with van der Waals surface area (Å²) in [6.45, 7) is 4.11. The summed E-state index contributed by atoms with van der Waals surface area (Å²) in [7, 11) is 7.46. The van der Waals surface area contributed by atoms with Crippen LogP contribution in [0.15, 0.2) is 12.4 Å². The number of nitrogens with one attached hydrogen (secondary N) is 1. The van der Waals surface area contributed by atoms with E-state index < -0.39 is 5.60 Å². The maximum Gasteiger partial charge on any atom is 0.317 e. The maximum atomic E-state index is 12.0. The number of aromatic nitrogens is 2. The molecule has 0 aliphatic carbocycles. The average molecular weight is 297 g/mol. The van der Waals surface area contributed by atoms with Gasteiger partial charge in [0.2, 0.25) is 0 Å². The van der Waals surface area contributed by atoms with Gasteiger partial charge in [-0.2, -0.15) is 5.10 Å². The number of aryl methyl sites for hydroxylation is 1. The first-order valence-corrected chi connectivity index (χ1v) is 6.96. The van der Waals surface area contributed by atoms with Gasteiger partial charge in [0.15, 0.2) is 0 Å². The van der Waals surface area contributed by atoms with Crippen molar-refractivity contribution >= 4 is 6.03 Å². The first-order chi connectivity index (χ1) is 9.60. The summed E-state index contributed by atoms with van der Waals surface area (Å²) in [5.74, 6) is 0. The molecule has 0 spiro atoms. The van der Waals surface area contributed by atoms with Gasteiger partial charge < -0.3 is 20.2 Å². The molecular weight excluding hydrogens is 270 g/mol. The number of hydrogen-bond acceptors (Lipinski definition) is 4. The zero-order valence-electron chi connectivity index (χ0n) is 13.8. The monoisotopic (exact) mass is 297 g/mol. The van der Waals surface area contributed by atoms with Gasteiger partial charge in [-0.1, -0.05) is 0 Å². The van der Waals surface area contributed by atoms with Crippen LogP contribution in [0.5, 0.6) is 0 Å². The third-order valence-electron chi connectivity index (χ3n) is 3.15. The standard InChI is InChI=1S/C14H27N5O2/c1-14(2,21)10-18(5)13(20)15-8-12(17(3)4)11-7-16-19(6)9-11/h7,9,12,21H,8,10H2,1-6H3,(H,15,20). The molecule has 0 radical (unpaired) electrons. The fourth-order valence-electron chi connectivity index (χ4n) is 2.18. The van der Waals surface area contributed by atoms with E-state index in [9.17, 15) is 9.90 Å². The summed E-state index contributed by atoms with van der Waals surface area (Å²) in [6.07, 6.45) is 3.74. The molecule has 1 atom stereocenters. The van der Waals surface area contributed by atoms with Gasteiger partial charge in [0.1, 0.15) is 0 Å². The van der Waals surface area contributed by atoms with Gasteiger partial charge >= 0.3 is 6.03 Å². The summed E-state index contributed by atoms with van der Waals surface area (Å²) >= 11 is 0. The molecule has 1 rings (SSSR count). The predicted octanol–water partition coefficient (Wildman–Crippen LogP) is 0.435. The molecule has 7 nitrogen and oxygen atoms in total. The highest BCUT2D eigenvalue weighted by Gasteiger charge is 2.21. The number of aliphatic hydroxyl groups is 1. The molecule has 1 aromatic heterocycles. The molecule has 0 fully saturated rings. The number of likely N-dealkylation sites (N-methyl/N-ethyl adjacent to an activating group) is 2. The Hall–Kier alpha value is -1.60.